The summed E-state index contributed by atoms with van der Waals surface area (Å²) in [4.78, 5) is 14.3. The third-order valence-electron chi connectivity index (χ3n) is 3.79. The molecule has 4 nitrogen and oxygen atoms in total. The molecule has 1 aliphatic heterocycles. The fraction of sp³-hybridized carbons (Fsp3) is 0.500. The Bertz CT molecular complexity index is 490. The zero-order valence-electron chi connectivity index (χ0n) is 13.5. The summed E-state index contributed by atoms with van der Waals surface area (Å²) in [5, 5.41) is 0. The van der Waals surface area contributed by atoms with E-state index in [4.69, 9.17) is 9.47 Å². The van der Waals surface area contributed by atoms with Crippen LogP contribution in [0.2, 0.25) is 0 Å². The zero-order chi connectivity index (χ0) is 15.8. The van der Waals surface area contributed by atoms with Gasteiger partial charge in [-0.15, -0.1) is 0 Å². The van der Waals surface area contributed by atoms with Crippen molar-refractivity contribution in [1.82, 2.24) is 4.90 Å². The molecule has 1 aromatic rings. The van der Waals surface area contributed by atoms with Gasteiger partial charge < -0.3 is 14.4 Å². The van der Waals surface area contributed by atoms with Crippen molar-refractivity contribution in [2.24, 2.45) is 0 Å². The average Bonchev–Trinajstić information content (AvgIpc) is 3.06. The molecule has 1 atom stereocenters. The summed E-state index contributed by atoms with van der Waals surface area (Å²) in [5.74, 6) is 0.864. The minimum atomic E-state index is 0.0492. The minimum absolute atomic E-state index is 0.0492. The fourth-order valence-electron chi connectivity index (χ4n) is 2.58. The lowest BCUT2D eigenvalue weighted by Crippen LogP contribution is -2.36. The molecule has 1 heterocycles. The molecule has 0 spiro atoms. The van der Waals surface area contributed by atoms with E-state index in [0.29, 0.717) is 6.54 Å². The number of nitrogens with zero attached hydrogens (tertiary/aromatic N) is 1. The maximum Gasteiger partial charge on any atom is 0.246 e. The molecule has 0 bridgehead atoms. The van der Waals surface area contributed by atoms with Crippen molar-refractivity contribution in [2.75, 3.05) is 26.8 Å². The molecule has 22 heavy (non-hydrogen) atoms. The van der Waals surface area contributed by atoms with Crippen molar-refractivity contribution in [2.45, 2.75) is 32.3 Å². The summed E-state index contributed by atoms with van der Waals surface area (Å²) in [7, 11) is 1.64. The Morgan fingerprint density at radius 1 is 1.41 bits per heavy atom. The van der Waals surface area contributed by atoms with E-state index in [2.05, 4.69) is 6.92 Å². The van der Waals surface area contributed by atoms with Crippen molar-refractivity contribution in [3.8, 4) is 5.75 Å². The maximum atomic E-state index is 12.4. The molecule has 120 valence electrons. The molecule has 1 unspecified atom stereocenters. The number of hydrogen-bond donors (Lipinski definition) is 0. The highest BCUT2D eigenvalue weighted by Crippen LogP contribution is 2.15. The van der Waals surface area contributed by atoms with E-state index in [1.54, 1.807) is 13.2 Å². The molecule has 1 aromatic carbocycles. The van der Waals surface area contributed by atoms with Gasteiger partial charge >= 0.3 is 0 Å². The predicted molar refractivity (Wildman–Crippen MR) is 87.9 cm³/mol. The highest BCUT2D eigenvalue weighted by molar-refractivity contribution is 5.91. The number of methoxy groups -OCH3 is 1. The van der Waals surface area contributed by atoms with E-state index in [-0.39, 0.29) is 12.0 Å². The Labute approximate surface area is 132 Å². The van der Waals surface area contributed by atoms with Gasteiger partial charge in [-0.25, -0.2) is 0 Å². The third-order valence-corrected chi connectivity index (χ3v) is 3.79. The topological polar surface area (TPSA) is 38.8 Å². The van der Waals surface area contributed by atoms with Crippen molar-refractivity contribution >= 4 is 12.0 Å². The second-order valence-corrected chi connectivity index (χ2v) is 5.53. The number of benzene rings is 1. The van der Waals surface area contributed by atoms with E-state index >= 15 is 0 Å². The van der Waals surface area contributed by atoms with Crippen LogP contribution in [0.15, 0.2) is 30.3 Å². The second-order valence-electron chi connectivity index (χ2n) is 5.53. The van der Waals surface area contributed by atoms with E-state index < -0.39 is 0 Å². The Morgan fingerprint density at radius 3 is 2.77 bits per heavy atom. The zero-order valence-corrected chi connectivity index (χ0v) is 13.5. The molecule has 0 saturated carbocycles. The lowest BCUT2D eigenvalue weighted by atomic mass is 10.2. The average molecular weight is 303 g/mol. The Balaban J connectivity index is 1.94. The Morgan fingerprint density at radius 2 is 2.18 bits per heavy atom. The van der Waals surface area contributed by atoms with Gasteiger partial charge in [0.05, 0.1) is 13.2 Å². The van der Waals surface area contributed by atoms with E-state index in [1.807, 2.05) is 35.2 Å². The van der Waals surface area contributed by atoms with Crippen LogP contribution in [0.25, 0.3) is 6.08 Å². The first-order valence-corrected chi connectivity index (χ1v) is 7.95. The molecule has 0 N–H and O–H groups in total. The van der Waals surface area contributed by atoms with Crippen LogP contribution in [0.3, 0.4) is 0 Å². The number of amides is 1. The van der Waals surface area contributed by atoms with Crippen LogP contribution in [-0.2, 0) is 9.53 Å². The van der Waals surface area contributed by atoms with Gasteiger partial charge in [0.2, 0.25) is 5.91 Å². The van der Waals surface area contributed by atoms with Gasteiger partial charge in [-0.05, 0) is 43.0 Å². The Kier molecular flexibility index (Phi) is 6.46. The molecular formula is C18H25NO3. The molecule has 4 heteroatoms. The molecule has 1 fully saturated rings. The summed E-state index contributed by atoms with van der Waals surface area (Å²) in [6.07, 6.45) is 6.79. The lowest BCUT2D eigenvalue weighted by molar-refractivity contribution is -0.127. The third kappa shape index (κ3) is 4.88. The normalized spacial score (nSPS) is 17.8. The molecular weight excluding hydrogens is 278 g/mol. The number of hydrogen-bond acceptors (Lipinski definition) is 3. The molecule has 1 aliphatic rings. The van der Waals surface area contributed by atoms with Crippen LogP contribution in [0.1, 0.15) is 31.7 Å². The number of rotatable bonds is 7. The molecule has 1 saturated heterocycles. The monoisotopic (exact) mass is 303 g/mol. The van der Waals surface area contributed by atoms with Crippen molar-refractivity contribution in [1.29, 1.82) is 0 Å². The minimum Gasteiger partial charge on any atom is -0.497 e. The predicted octanol–water partition coefficient (Wildman–Crippen LogP) is 3.13. The summed E-state index contributed by atoms with van der Waals surface area (Å²) >= 11 is 0. The SMILES string of the molecule is CCCN(CC1CCCO1)C(=O)/C=C/c1ccc(OC)cc1. The van der Waals surface area contributed by atoms with E-state index in [9.17, 15) is 4.79 Å². The van der Waals surface area contributed by atoms with Crippen molar-refractivity contribution in [3.05, 3.63) is 35.9 Å². The smallest absolute Gasteiger partial charge is 0.246 e. The molecule has 1 amide bonds. The summed E-state index contributed by atoms with van der Waals surface area (Å²) < 4.78 is 10.8. The first-order chi connectivity index (χ1) is 10.7. The van der Waals surface area contributed by atoms with Gasteiger partial charge in [0, 0.05) is 25.8 Å². The first kappa shape index (κ1) is 16.6. The number of ether oxygens (including phenoxy) is 2. The van der Waals surface area contributed by atoms with Gasteiger partial charge in [-0.3, -0.25) is 4.79 Å². The molecule has 2 rings (SSSR count). The first-order valence-electron chi connectivity index (χ1n) is 7.95. The van der Waals surface area contributed by atoms with Gasteiger partial charge in [-0.2, -0.15) is 0 Å². The van der Waals surface area contributed by atoms with E-state index in [0.717, 1.165) is 43.7 Å². The van der Waals surface area contributed by atoms with Gasteiger partial charge in [0.25, 0.3) is 0 Å². The van der Waals surface area contributed by atoms with Crippen LogP contribution in [0, 0.1) is 0 Å². The van der Waals surface area contributed by atoms with Crippen LogP contribution >= 0.6 is 0 Å². The largest absolute Gasteiger partial charge is 0.497 e. The molecule has 0 aromatic heterocycles. The van der Waals surface area contributed by atoms with Crippen molar-refractivity contribution in [3.63, 3.8) is 0 Å². The second kappa shape index (κ2) is 8.59. The summed E-state index contributed by atoms with van der Waals surface area (Å²) in [6.45, 7) is 4.37. The highest BCUT2D eigenvalue weighted by atomic mass is 16.5. The van der Waals surface area contributed by atoms with Crippen molar-refractivity contribution < 1.29 is 14.3 Å². The van der Waals surface area contributed by atoms with Gasteiger partial charge in [0.1, 0.15) is 5.75 Å². The maximum absolute atomic E-state index is 12.4. The standard InChI is InChI=1S/C18H25NO3/c1-3-12-19(14-17-5-4-13-22-17)18(20)11-8-15-6-9-16(21-2)10-7-15/h6-11,17H,3-5,12-14H2,1-2H3/b11-8+. The quantitative estimate of drug-likeness (QED) is 0.726. The van der Waals surface area contributed by atoms with Gasteiger partial charge in [0.15, 0.2) is 0 Å². The Hall–Kier alpha value is -1.81. The number of carbonyl (C=O) groups excluding carboxylic acids is 1. The van der Waals surface area contributed by atoms with Crippen LogP contribution in [0.4, 0.5) is 0 Å². The molecule has 0 radical (unpaired) electrons. The van der Waals surface area contributed by atoms with Crippen LogP contribution in [0.5, 0.6) is 5.75 Å². The van der Waals surface area contributed by atoms with Gasteiger partial charge in [-0.1, -0.05) is 19.1 Å². The molecule has 0 aliphatic carbocycles. The fourth-order valence-corrected chi connectivity index (χ4v) is 2.58. The van der Waals surface area contributed by atoms with Crippen LogP contribution < -0.4 is 4.74 Å². The summed E-state index contributed by atoms with van der Waals surface area (Å²) in [6, 6.07) is 7.65. The van der Waals surface area contributed by atoms with E-state index in [1.165, 1.54) is 0 Å². The lowest BCUT2D eigenvalue weighted by Gasteiger charge is -2.23. The highest BCUT2D eigenvalue weighted by Gasteiger charge is 2.20. The van der Waals surface area contributed by atoms with Crippen LogP contribution in [-0.4, -0.2) is 43.7 Å². The summed E-state index contributed by atoms with van der Waals surface area (Å²) in [5.41, 5.74) is 0.989. The number of carbonyl (C=O) groups is 1.